The monoisotopic (exact) mass is 322 g/mol. The van der Waals surface area contributed by atoms with Gasteiger partial charge in [0, 0.05) is 10.9 Å². The second kappa shape index (κ2) is 7.84. The standard InChI is InChI=1S/C15H18N2O4S/c1-2-22-12-6-4-3-5-11(12)14(19)21-9-13(18)17-15(20)16-10-7-8-10/h3-6,10H,2,7-9H2,1H3,(H2,16,17,18,20). The van der Waals surface area contributed by atoms with Crippen molar-refractivity contribution in [1.82, 2.24) is 10.6 Å². The smallest absolute Gasteiger partial charge is 0.339 e. The zero-order valence-electron chi connectivity index (χ0n) is 12.3. The molecule has 0 bridgehead atoms. The molecule has 2 rings (SSSR count). The number of hydrogen-bond acceptors (Lipinski definition) is 5. The van der Waals surface area contributed by atoms with Crippen molar-refractivity contribution in [2.45, 2.75) is 30.7 Å². The summed E-state index contributed by atoms with van der Waals surface area (Å²) in [4.78, 5) is 35.7. The molecule has 6 nitrogen and oxygen atoms in total. The highest BCUT2D eigenvalue weighted by atomic mass is 32.2. The predicted molar refractivity (Wildman–Crippen MR) is 82.8 cm³/mol. The predicted octanol–water partition coefficient (Wildman–Crippen LogP) is 1.94. The lowest BCUT2D eigenvalue weighted by molar-refractivity contribution is -0.123. The van der Waals surface area contributed by atoms with E-state index in [1.807, 2.05) is 19.1 Å². The first-order valence-electron chi connectivity index (χ1n) is 7.09. The highest BCUT2D eigenvalue weighted by molar-refractivity contribution is 7.99. The van der Waals surface area contributed by atoms with E-state index in [0.29, 0.717) is 5.56 Å². The van der Waals surface area contributed by atoms with E-state index in [9.17, 15) is 14.4 Å². The number of carbonyl (C=O) groups excluding carboxylic acids is 3. The number of benzene rings is 1. The van der Waals surface area contributed by atoms with Crippen LogP contribution in [-0.2, 0) is 9.53 Å². The van der Waals surface area contributed by atoms with E-state index < -0.39 is 24.5 Å². The lowest BCUT2D eigenvalue weighted by Crippen LogP contribution is -2.42. The molecule has 0 atom stereocenters. The molecule has 0 aromatic heterocycles. The van der Waals surface area contributed by atoms with Gasteiger partial charge < -0.3 is 10.1 Å². The molecule has 0 heterocycles. The Kier molecular flexibility index (Phi) is 5.83. The third-order valence-corrected chi connectivity index (χ3v) is 3.86. The van der Waals surface area contributed by atoms with Gasteiger partial charge in [-0.15, -0.1) is 11.8 Å². The number of esters is 1. The quantitative estimate of drug-likeness (QED) is 0.618. The number of thioether (sulfide) groups is 1. The van der Waals surface area contributed by atoms with Gasteiger partial charge >= 0.3 is 12.0 Å². The molecule has 0 unspecified atom stereocenters. The summed E-state index contributed by atoms with van der Waals surface area (Å²) in [5, 5.41) is 4.74. The van der Waals surface area contributed by atoms with Gasteiger partial charge in [-0.2, -0.15) is 0 Å². The summed E-state index contributed by atoms with van der Waals surface area (Å²) in [6.07, 6.45) is 1.87. The summed E-state index contributed by atoms with van der Waals surface area (Å²) >= 11 is 1.52. The SMILES string of the molecule is CCSc1ccccc1C(=O)OCC(=O)NC(=O)NC1CC1. The Balaban J connectivity index is 1.81. The van der Waals surface area contributed by atoms with Crippen LogP contribution in [0.5, 0.6) is 0 Å². The van der Waals surface area contributed by atoms with Gasteiger partial charge in [0.25, 0.3) is 5.91 Å². The van der Waals surface area contributed by atoms with Gasteiger partial charge in [0.2, 0.25) is 0 Å². The molecule has 1 aromatic rings. The Morgan fingerprint density at radius 2 is 2.00 bits per heavy atom. The topological polar surface area (TPSA) is 84.5 Å². The van der Waals surface area contributed by atoms with Gasteiger partial charge in [0.15, 0.2) is 6.61 Å². The summed E-state index contributed by atoms with van der Waals surface area (Å²) in [5.41, 5.74) is 0.421. The van der Waals surface area contributed by atoms with Crippen LogP contribution in [0.15, 0.2) is 29.2 Å². The molecule has 2 N–H and O–H groups in total. The number of urea groups is 1. The highest BCUT2D eigenvalue weighted by Crippen LogP contribution is 2.22. The van der Waals surface area contributed by atoms with Crippen molar-refractivity contribution in [2.75, 3.05) is 12.4 Å². The fourth-order valence-corrected chi connectivity index (χ4v) is 2.53. The molecule has 0 aliphatic heterocycles. The molecule has 3 amide bonds. The van der Waals surface area contributed by atoms with Crippen LogP contribution in [0.2, 0.25) is 0 Å². The number of amides is 3. The van der Waals surface area contributed by atoms with Crippen molar-refractivity contribution in [1.29, 1.82) is 0 Å². The van der Waals surface area contributed by atoms with Crippen LogP contribution in [0.3, 0.4) is 0 Å². The van der Waals surface area contributed by atoms with E-state index in [-0.39, 0.29) is 6.04 Å². The average molecular weight is 322 g/mol. The fraction of sp³-hybridized carbons (Fsp3) is 0.400. The molecule has 7 heteroatoms. The highest BCUT2D eigenvalue weighted by Gasteiger charge is 2.24. The molecule has 1 saturated carbocycles. The lowest BCUT2D eigenvalue weighted by atomic mass is 10.2. The second-order valence-corrected chi connectivity index (χ2v) is 6.11. The molecular weight excluding hydrogens is 304 g/mol. The Labute approximate surface area is 133 Å². The minimum absolute atomic E-state index is 0.160. The van der Waals surface area contributed by atoms with Crippen molar-refractivity contribution in [3.8, 4) is 0 Å². The first-order chi connectivity index (χ1) is 10.6. The Hall–Kier alpha value is -2.02. The first-order valence-corrected chi connectivity index (χ1v) is 8.08. The lowest BCUT2D eigenvalue weighted by Gasteiger charge is -2.09. The molecule has 0 spiro atoms. The summed E-state index contributed by atoms with van der Waals surface area (Å²) in [6.45, 7) is 1.50. The Morgan fingerprint density at radius 1 is 1.27 bits per heavy atom. The van der Waals surface area contributed by atoms with Crippen LogP contribution in [0.4, 0.5) is 4.79 Å². The van der Waals surface area contributed by atoms with E-state index in [2.05, 4.69) is 10.6 Å². The molecule has 0 radical (unpaired) electrons. The van der Waals surface area contributed by atoms with Crippen molar-refractivity contribution in [3.05, 3.63) is 29.8 Å². The van der Waals surface area contributed by atoms with Crippen LogP contribution < -0.4 is 10.6 Å². The van der Waals surface area contributed by atoms with Gasteiger partial charge in [0.05, 0.1) is 5.56 Å². The van der Waals surface area contributed by atoms with E-state index in [4.69, 9.17) is 4.74 Å². The number of imide groups is 1. The largest absolute Gasteiger partial charge is 0.452 e. The minimum atomic E-state index is -0.646. The van der Waals surface area contributed by atoms with E-state index in [0.717, 1.165) is 23.5 Å². The maximum atomic E-state index is 12.0. The van der Waals surface area contributed by atoms with E-state index >= 15 is 0 Å². The number of hydrogen-bond donors (Lipinski definition) is 2. The molecular formula is C15H18N2O4S. The van der Waals surface area contributed by atoms with Crippen molar-refractivity contribution >= 4 is 29.7 Å². The first kappa shape index (κ1) is 16.4. The third-order valence-electron chi connectivity index (χ3n) is 2.91. The van der Waals surface area contributed by atoms with Crippen LogP contribution in [0.1, 0.15) is 30.1 Å². The normalized spacial score (nSPS) is 13.3. The average Bonchev–Trinajstić information content (AvgIpc) is 3.29. The molecule has 22 heavy (non-hydrogen) atoms. The maximum Gasteiger partial charge on any atom is 0.339 e. The van der Waals surface area contributed by atoms with E-state index in [1.54, 1.807) is 12.1 Å². The second-order valence-electron chi connectivity index (χ2n) is 4.80. The minimum Gasteiger partial charge on any atom is -0.452 e. The third kappa shape index (κ3) is 5.07. The van der Waals surface area contributed by atoms with Crippen LogP contribution in [0, 0.1) is 0 Å². The number of nitrogens with one attached hydrogen (secondary N) is 2. The molecule has 1 aliphatic carbocycles. The van der Waals surface area contributed by atoms with Crippen LogP contribution >= 0.6 is 11.8 Å². The molecule has 0 saturated heterocycles. The fourth-order valence-electron chi connectivity index (χ4n) is 1.74. The zero-order chi connectivity index (χ0) is 15.9. The van der Waals surface area contributed by atoms with Crippen molar-refractivity contribution in [3.63, 3.8) is 0 Å². The van der Waals surface area contributed by atoms with Crippen LogP contribution in [-0.4, -0.2) is 36.3 Å². The number of rotatable bonds is 6. The van der Waals surface area contributed by atoms with Crippen LogP contribution in [0.25, 0.3) is 0 Å². The van der Waals surface area contributed by atoms with E-state index in [1.165, 1.54) is 11.8 Å². The maximum absolute atomic E-state index is 12.0. The Bertz CT molecular complexity index is 572. The Morgan fingerprint density at radius 3 is 2.68 bits per heavy atom. The number of ether oxygens (including phenoxy) is 1. The van der Waals surface area contributed by atoms with Gasteiger partial charge in [-0.05, 0) is 30.7 Å². The molecule has 1 fully saturated rings. The summed E-state index contributed by atoms with van der Waals surface area (Å²) in [5.74, 6) is -0.395. The zero-order valence-corrected chi connectivity index (χ0v) is 13.1. The van der Waals surface area contributed by atoms with Crippen molar-refractivity contribution < 1.29 is 19.1 Å². The molecule has 1 aromatic carbocycles. The van der Waals surface area contributed by atoms with Gasteiger partial charge in [-0.3, -0.25) is 10.1 Å². The van der Waals surface area contributed by atoms with Crippen molar-refractivity contribution in [2.24, 2.45) is 0 Å². The van der Waals surface area contributed by atoms with Gasteiger partial charge in [-0.25, -0.2) is 9.59 Å². The number of carbonyl (C=O) groups is 3. The summed E-state index contributed by atoms with van der Waals surface area (Å²) in [7, 11) is 0. The molecule has 1 aliphatic rings. The van der Waals surface area contributed by atoms with Gasteiger partial charge in [0.1, 0.15) is 0 Å². The summed E-state index contributed by atoms with van der Waals surface area (Å²) in [6, 6.07) is 6.66. The summed E-state index contributed by atoms with van der Waals surface area (Å²) < 4.78 is 4.95. The molecule has 118 valence electrons. The van der Waals surface area contributed by atoms with Gasteiger partial charge in [-0.1, -0.05) is 19.1 Å².